The molecule has 2 aliphatic heterocycles. The molecule has 2 saturated heterocycles. The summed E-state index contributed by atoms with van der Waals surface area (Å²) >= 11 is 0. The van der Waals surface area contributed by atoms with Gasteiger partial charge in [0.2, 0.25) is 0 Å². The first-order valence-electron chi connectivity index (χ1n) is 15.1. The van der Waals surface area contributed by atoms with E-state index in [1.165, 1.54) is 40.4 Å². The molecule has 4 aliphatic rings. The molecule has 1 spiro atoms. The van der Waals surface area contributed by atoms with Crippen molar-refractivity contribution in [2.75, 3.05) is 7.11 Å². The summed E-state index contributed by atoms with van der Waals surface area (Å²) in [4.78, 5) is 64.4. The van der Waals surface area contributed by atoms with Crippen molar-refractivity contribution < 1.29 is 56.8 Å². The highest BCUT2D eigenvalue weighted by molar-refractivity contribution is 5.75. The molecule has 5 rings (SSSR count). The van der Waals surface area contributed by atoms with E-state index >= 15 is 0 Å². The van der Waals surface area contributed by atoms with E-state index in [4.69, 9.17) is 32.8 Å². The van der Waals surface area contributed by atoms with E-state index in [9.17, 15) is 24.0 Å². The second-order valence-electron chi connectivity index (χ2n) is 13.9. The molecule has 45 heavy (non-hydrogen) atoms. The predicted octanol–water partition coefficient (Wildman–Crippen LogP) is 4.01. The Hall–Kier alpha value is -3.67. The standard InChI is InChI=1S/C33H42O12/c1-16-25-21(41-17(2)34)13-31(7)27(20-10-11-40-15-20)44-24(38)14-33(16,31)45-29-26(42-18(3)35)28(43-19(4)36)30(5,6)22(32(25,29)8)12-23(37)39-9/h10-11,15,21-22,25-29H,1,12-14H2,2-9H3/t21-,22+,25-,26+,27+,28-,29+,31+,32+,33+/m1/s1. The van der Waals surface area contributed by atoms with Crippen LogP contribution in [0.4, 0.5) is 0 Å². The number of carbonyl (C=O) groups is 5. The molecule has 1 aromatic heterocycles. The summed E-state index contributed by atoms with van der Waals surface area (Å²) in [6.07, 6.45) is -2.15. The minimum atomic E-state index is -1.40. The smallest absolute Gasteiger partial charge is 0.309 e. The minimum absolute atomic E-state index is 0.120. The number of rotatable bonds is 6. The van der Waals surface area contributed by atoms with E-state index < -0.39 is 94.0 Å². The molecule has 1 aromatic rings. The average Bonchev–Trinajstić information content (AvgIpc) is 3.46. The van der Waals surface area contributed by atoms with Crippen LogP contribution in [0.3, 0.4) is 0 Å². The Balaban J connectivity index is 1.81. The molecular formula is C33H42O12. The molecule has 0 radical (unpaired) electrons. The highest BCUT2D eigenvalue weighted by Gasteiger charge is 2.78. The van der Waals surface area contributed by atoms with Crippen LogP contribution in [0.25, 0.3) is 0 Å². The molecule has 2 saturated carbocycles. The third kappa shape index (κ3) is 4.78. The third-order valence-corrected chi connectivity index (χ3v) is 11.0. The molecule has 0 aromatic carbocycles. The van der Waals surface area contributed by atoms with Crippen LogP contribution in [0.5, 0.6) is 0 Å². The Morgan fingerprint density at radius 1 is 1.00 bits per heavy atom. The Morgan fingerprint density at radius 3 is 2.20 bits per heavy atom. The normalized spacial score (nSPS) is 39.8. The van der Waals surface area contributed by atoms with Crippen LogP contribution in [0.15, 0.2) is 35.2 Å². The SMILES string of the molecule is C=C1[C@@H]2[C@H](OC(C)=O)C[C@@]3(C)[C@H](c4ccoc4)OC(=O)C[C@]13O[C@H]1[C@@H](OC(C)=O)[C@@H](OC(C)=O)C(C)(C)[C@H](CC(=O)OC)[C@@]21C. The van der Waals surface area contributed by atoms with Crippen molar-refractivity contribution in [1.82, 2.24) is 0 Å². The van der Waals surface area contributed by atoms with E-state index in [1.54, 1.807) is 6.07 Å². The van der Waals surface area contributed by atoms with E-state index in [1.807, 2.05) is 27.7 Å². The molecule has 2 bridgehead atoms. The monoisotopic (exact) mass is 630 g/mol. The summed E-state index contributed by atoms with van der Waals surface area (Å²) in [6, 6.07) is 1.69. The quantitative estimate of drug-likeness (QED) is 0.253. The van der Waals surface area contributed by atoms with Crippen molar-refractivity contribution in [2.45, 2.75) is 104 Å². The van der Waals surface area contributed by atoms with Crippen LogP contribution >= 0.6 is 0 Å². The summed E-state index contributed by atoms with van der Waals surface area (Å²) < 4.78 is 41.6. The van der Waals surface area contributed by atoms with Gasteiger partial charge < -0.3 is 32.8 Å². The third-order valence-electron chi connectivity index (χ3n) is 11.0. The van der Waals surface area contributed by atoms with Gasteiger partial charge in [-0.1, -0.05) is 34.3 Å². The fourth-order valence-electron chi connectivity index (χ4n) is 9.28. The molecule has 4 fully saturated rings. The van der Waals surface area contributed by atoms with Gasteiger partial charge in [-0.2, -0.15) is 0 Å². The maximum absolute atomic E-state index is 13.5. The van der Waals surface area contributed by atoms with Crippen LogP contribution < -0.4 is 0 Å². The number of ether oxygens (including phenoxy) is 6. The maximum atomic E-state index is 13.5. The molecule has 0 amide bonds. The molecule has 0 unspecified atom stereocenters. The molecule has 12 heteroatoms. The van der Waals surface area contributed by atoms with Crippen molar-refractivity contribution >= 4 is 29.8 Å². The van der Waals surface area contributed by atoms with Gasteiger partial charge in [0.25, 0.3) is 0 Å². The van der Waals surface area contributed by atoms with Gasteiger partial charge in [0.1, 0.15) is 30.0 Å². The van der Waals surface area contributed by atoms with Gasteiger partial charge >= 0.3 is 29.8 Å². The second-order valence-corrected chi connectivity index (χ2v) is 13.9. The van der Waals surface area contributed by atoms with E-state index in [0.717, 1.165) is 0 Å². The lowest BCUT2D eigenvalue weighted by Gasteiger charge is -2.72. The zero-order chi connectivity index (χ0) is 33.3. The van der Waals surface area contributed by atoms with Gasteiger partial charge in [-0.05, 0) is 24.0 Å². The van der Waals surface area contributed by atoms with Gasteiger partial charge in [-0.25, -0.2) is 0 Å². The summed E-state index contributed by atoms with van der Waals surface area (Å²) in [5.41, 5.74) is -3.49. The molecule has 12 nitrogen and oxygen atoms in total. The number of fused-ring (bicyclic) bond motifs is 3. The molecule has 2 aliphatic carbocycles. The first-order chi connectivity index (χ1) is 20.9. The largest absolute Gasteiger partial charge is 0.472 e. The van der Waals surface area contributed by atoms with Gasteiger partial charge in [0, 0.05) is 54.9 Å². The van der Waals surface area contributed by atoms with Gasteiger partial charge in [-0.15, -0.1) is 0 Å². The molecule has 0 N–H and O–H groups in total. The zero-order valence-corrected chi connectivity index (χ0v) is 27.0. The molecule has 3 heterocycles. The van der Waals surface area contributed by atoms with Crippen molar-refractivity contribution in [3.05, 3.63) is 36.3 Å². The number of furan rings is 1. The van der Waals surface area contributed by atoms with Crippen LogP contribution in [0.1, 0.15) is 79.4 Å². The summed E-state index contributed by atoms with van der Waals surface area (Å²) in [5, 5.41) is 0. The summed E-state index contributed by atoms with van der Waals surface area (Å²) in [6.45, 7) is 15.8. The van der Waals surface area contributed by atoms with E-state index in [0.29, 0.717) is 11.1 Å². The number of hydrogen-bond acceptors (Lipinski definition) is 12. The van der Waals surface area contributed by atoms with Gasteiger partial charge in [0.05, 0.1) is 26.1 Å². The first-order valence-corrected chi connectivity index (χ1v) is 15.1. The van der Waals surface area contributed by atoms with Crippen LogP contribution in [0.2, 0.25) is 0 Å². The topological polar surface area (TPSA) is 154 Å². The van der Waals surface area contributed by atoms with Crippen LogP contribution in [-0.2, 0) is 52.4 Å². The molecule has 10 atom stereocenters. The molecule has 246 valence electrons. The van der Waals surface area contributed by atoms with Gasteiger partial charge in [0.15, 0.2) is 6.10 Å². The fourth-order valence-corrected chi connectivity index (χ4v) is 9.28. The lowest BCUT2D eigenvalue weighted by Crippen LogP contribution is -2.79. The second kappa shape index (κ2) is 11.0. The van der Waals surface area contributed by atoms with E-state index in [2.05, 4.69) is 6.58 Å². The summed E-state index contributed by atoms with van der Waals surface area (Å²) in [7, 11) is 1.28. The predicted molar refractivity (Wildman–Crippen MR) is 154 cm³/mol. The van der Waals surface area contributed by atoms with Crippen molar-refractivity contribution in [1.29, 1.82) is 0 Å². The van der Waals surface area contributed by atoms with Crippen LogP contribution in [-0.4, -0.2) is 67.0 Å². The lowest BCUT2D eigenvalue weighted by atomic mass is 9.40. The number of hydrogen-bond donors (Lipinski definition) is 0. The number of methoxy groups -OCH3 is 1. The number of esters is 5. The van der Waals surface area contributed by atoms with E-state index in [-0.39, 0.29) is 19.3 Å². The average molecular weight is 631 g/mol. The minimum Gasteiger partial charge on any atom is -0.472 e. The Morgan fingerprint density at radius 2 is 1.64 bits per heavy atom. The van der Waals surface area contributed by atoms with Crippen molar-refractivity contribution in [2.24, 2.45) is 28.1 Å². The first kappa shape index (κ1) is 32.7. The van der Waals surface area contributed by atoms with Gasteiger partial charge in [-0.3, -0.25) is 24.0 Å². The highest BCUT2D eigenvalue weighted by Crippen LogP contribution is 2.72. The van der Waals surface area contributed by atoms with Crippen molar-refractivity contribution in [3.63, 3.8) is 0 Å². The van der Waals surface area contributed by atoms with Crippen LogP contribution in [0, 0.1) is 28.1 Å². The Labute approximate surface area is 262 Å². The molecular weight excluding hydrogens is 588 g/mol. The zero-order valence-electron chi connectivity index (χ0n) is 27.0. The number of carbonyl (C=O) groups excluding carboxylic acids is 5. The summed E-state index contributed by atoms with van der Waals surface area (Å²) in [5.74, 6) is -4.18. The maximum Gasteiger partial charge on any atom is 0.309 e. The lowest BCUT2D eigenvalue weighted by molar-refractivity contribution is -0.351. The highest BCUT2D eigenvalue weighted by atomic mass is 16.6. The van der Waals surface area contributed by atoms with Crippen molar-refractivity contribution in [3.8, 4) is 0 Å². The Kier molecular flexibility index (Phi) is 7.99. The fraction of sp³-hybridized carbons (Fsp3) is 0.667. The number of cyclic esters (lactones) is 1. The Bertz CT molecular complexity index is 1410.